The van der Waals surface area contributed by atoms with Crippen molar-refractivity contribution in [3.05, 3.63) is 11.1 Å². The highest BCUT2D eigenvalue weighted by Gasteiger charge is 2.17. The number of amides is 1. The summed E-state index contributed by atoms with van der Waals surface area (Å²) < 4.78 is 0. The third-order valence-electron chi connectivity index (χ3n) is 2.37. The Labute approximate surface area is 95.0 Å². The molecule has 0 aromatic carbocycles. The summed E-state index contributed by atoms with van der Waals surface area (Å²) in [6.07, 6.45) is 0.249. The minimum Gasteiger partial charge on any atom is -0.478 e. The van der Waals surface area contributed by atoms with E-state index in [0.29, 0.717) is 13.1 Å². The van der Waals surface area contributed by atoms with Crippen molar-refractivity contribution in [3.8, 4) is 6.07 Å². The van der Waals surface area contributed by atoms with Crippen molar-refractivity contribution in [2.45, 2.75) is 27.2 Å². The number of carbonyl (C=O) groups excluding carboxylic acids is 1. The molecule has 88 valence electrons. The molecule has 0 saturated heterocycles. The molecule has 0 aromatic rings. The molecule has 0 spiro atoms. The van der Waals surface area contributed by atoms with Crippen LogP contribution in [-0.2, 0) is 9.59 Å². The lowest BCUT2D eigenvalue weighted by molar-refractivity contribution is -0.133. The minimum absolute atomic E-state index is 0.0420. The van der Waals surface area contributed by atoms with Crippen LogP contribution in [0, 0.1) is 11.3 Å². The number of hydrogen-bond acceptors (Lipinski definition) is 3. The van der Waals surface area contributed by atoms with Crippen molar-refractivity contribution in [1.29, 1.82) is 5.26 Å². The molecule has 0 aromatic heterocycles. The van der Waals surface area contributed by atoms with E-state index in [9.17, 15) is 9.59 Å². The van der Waals surface area contributed by atoms with Gasteiger partial charge in [0.25, 0.3) is 0 Å². The van der Waals surface area contributed by atoms with Gasteiger partial charge in [-0.2, -0.15) is 5.26 Å². The minimum atomic E-state index is -1.10. The first-order valence-electron chi connectivity index (χ1n) is 5.02. The third kappa shape index (κ3) is 3.73. The van der Waals surface area contributed by atoms with Gasteiger partial charge < -0.3 is 10.0 Å². The fourth-order valence-electron chi connectivity index (χ4n) is 1.15. The Balaban J connectivity index is 4.83. The molecule has 5 nitrogen and oxygen atoms in total. The summed E-state index contributed by atoms with van der Waals surface area (Å²) >= 11 is 0. The standard InChI is InChI=1S/C11H16N2O3/c1-4-13(7-5-6-12)10(14)8(2)9(3)11(15)16/h4-5,7H2,1-3H3,(H,15,16). The van der Waals surface area contributed by atoms with Crippen LogP contribution in [0.1, 0.15) is 27.2 Å². The van der Waals surface area contributed by atoms with Crippen LogP contribution in [-0.4, -0.2) is 35.0 Å². The zero-order valence-corrected chi connectivity index (χ0v) is 9.78. The molecule has 5 heteroatoms. The van der Waals surface area contributed by atoms with Crippen LogP contribution in [0.4, 0.5) is 0 Å². The number of nitriles is 1. The highest BCUT2D eigenvalue weighted by atomic mass is 16.4. The highest BCUT2D eigenvalue weighted by Crippen LogP contribution is 2.08. The fourth-order valence-corrected chi connectivity index (χ4v) is 1.15. The number of rotatable bonds is 5. The number of nitrogens with zero attached hydrogens (tertiary/aromatic N) is 2. The van der Waals surface area contributed by atoms with Gasteiger partial charge in [0.15, 0.2) is 0 Å². The van der Waals surface area contributed by atoms with E-state index < -0.39 is 5.97 Å². The van der Waals surface area contributed by atoms with E-state index in [2.05, 4.69) is 0 Å². The molecule has 0 aliphatic rings. The smallest absolute Gasteiger partial charge is 0.331 e. The van der Waals surface area contributed by atoms with Crippen LogP contribution in [0.15, 0.2) is 11.1 Å². The summed E-state index contributed by atoms with van der Waals surface area (Å²) in [7, 11) is 0. The molecule has 0 aliphatic heterocycles. The van der Waals surface area contributed by atoms with Gasteiger partial charge in [0.1, 0.15) is 0 Å². The molecule has 0 radical (unpaired) electrons. The van der Waals surface area contributed by atoms with Crippen LogP contribution in [0.25, 0.3) is 0 Å². The second-order valence-corrected chi connectivity index (χ2v) is 3.35. The van der Waals surface area contributed by atoms with Crippen LogP contribution >= 0.6 is 0 Å². The summed E-state index contributed by atoms with van der Waals surface area (Å²) in [6, 6.07) is 1.95. The number of carbonyl (C=O) groups is 2. The van der Waals surface area contributed by atoms with Crippen LogP contribution in [0.3, 0.4) is 0 Å². The molecular formula is C11H16N2O3. The quantitative estimate of drug-likeness (QED) is 0.711. The van der Waals surface area contributed by atoms with Gasteiger partial charge in [-0.25, -0.2) is 4.79 Å². The zero-order valence-electron chi connectivity index (χ0n) is 9.78. The van der Waals surface area contributed by atoms with Gasteiger partial charge in [-0.1, -0.05) is 0 Å². The molecular weight excluding hydrogens is 208 g/mol. The Kier molecular flexibility index (Phi) is 5.86. The topological polar surface area (TPSA) is 81.4 Å². The summed E-state index contributed by atoms with van der Waals surface area (Å²) in [4.78, 5) is 24.0. The summed E-state index contributed by atoms with van der Waals surface area (Å²) in [5.74, 6) is -1.42. The largest absolute Gasteiger partial charge is 0.478 e. The zero-order chi connectivity index (χ0) is 12.7. The normalized spacial score (nSPS) is 11.4. The van der Waals surface area contributed by atoms with Gasteiger partial charge in [0, 0.05) is 24.2 Å². The Morgan fingerprint density at radius 2 is 1.88 bits per heavy atom. The van der Waals surface area contributed by atoms with E-state index in [1.165, 1.54) is 18.7 Å². The highest BCUT2D eigenvalue weighted by molar-refractivity contribution is 6.01. The lowest BCUT2D eigenvalue weighted by atomic mass is 10.1. The van der Waals surface area contributed by atoms with Crippen LogP contribution < -0.4 is 0 Å². The summed E-state index contributed by atoms with van der Waals surface area (Å²) in [5.41, 5.74) is 0.257. The molecule has 1 amide bonds. The first kappa shape index (κ1) is 14.2. The van der Waals surface area contributed by atoms with E-state index in [0.717, 1.165) is 0 Å². The van der Waals surface area contributed by atoms with Crippen molar-refractivity contribution >= 4 is 11.9 Å². The van der Waals surface area contributed by atoms with Gasteiger partial charge in [0.2, 0.25) is 5.91 Å². The average Bonchev–Trinajstić information content (AvgIpc) is 2.27. The SMILES string of the molecule is CCN(CCC#N)C(=O)C(C)=C(C)C(=O)O. The average molecular weight is 224 g/mol. The molecule has 1 N–H and O–H groups in total. The van der Waals surface area contributed by atoms with E-state index in [-0.39, 0.29) is 23.5 Å². The van der Waals surface area contributed by atoms with Crippen molar-refractivity contribution < 1.29 is 14.7 Å². The second kappa shape index (κ2) is 6.62. The maximum Gasteiger partial charge on any atom is 0.331 e. The Morgan fingerprint density at radius 3 is 2.25 bits per heavy atom. The molecule has 0 heterocycles. The first-order valence-corrected chi connectivity index (χ1v) is 5.02. The lowest BCUT2D eigenvalue weighted by Crippen LogP contribution is -2.33. The lowest BCUT2D eigenvalue weighted by Gasteiger charge is -2.20. The van der Waals surface area contributed by atoms with Crippen LogP contribution in [0.2, 0.25) is 0 Å². The van der Waals surface area contributed by atoms with Gasteiger partial charge in [0.05, 0.1) is 12.5 Å². The van der Waals surface area contributed by atoms with Gasteiger partial charge in [-0.05, 0) is 20.8 Å². The summed E-state index contributed by atoms with van der Waals surface area (Å²) in [5, 5.41) is 17.2. The maximum absolute atomic E-state index is 11.8. The van der Waals surface area contributed by atoms with E-state index >= 15 is 0 Å². The van der Waals surface area contributed by atoms with Crippen molar-refractivity contribution in [1.82, 2.24) is 4.90 Å². The van der Waals surface area contributed by atoms with Crippen molar-refractivity contribution in [2.24, 2.45) is 0 Å². The number of hydrogen-bond donors (Lipinski definition) is 1. The number of aliphatic carboxylic acids is 1. The number of likely N-dealkylation sites (N-methyl/N-ethyl adjacent to an activating group) is 1. The second-order valence-electron chi connectivity index (χ2n) is 3.35. The maximum atomic E-state index is 11.8. The Morgan fingerprint density at radius 1 is 1.31 bits per heavy atom. The predicted octanol–water partition coefficient (Wildman–Crippen LogP) is 1.17. The van der Waals surface area contributed by atoms with Gasteiger partial charge >= 0.3 is 5.97 Å². The van der Waals surface area contributed by atoms with Crippen molar-refractivity contribution in [2.75, 3.05) is 13.1 Å². The molecule has 0 rings (SSSR count). The van der Waals surface area contributed by atoms with Crippen molar-refractivity contribution in [3.63, 3.8) is 0 Å². The Hall–Kier alpha value is -1.83. The first-order chi connectivity index (χ1) is 7.45. The molecule has 0 atom stereocenters. The van der Waals surface area contributed by atoms with E-state index in [1.807, 2.05) is 6.07 Å². The number of carboxylic acids is 1. The molecule has 0 aliphatic carbocycles. The molecule has 0 saturated carbocycles. The predicted molar refractivity (Wildman–Crippen MR) is 58.5 cm³/mol. The molecule has 0 fully saturated rings. The molecule has 0 bridgehead atoms. The monoisotopic (exact) mass is 224 g/mol. The fraction of sp³-hybridized carbons (Fsp3) is 0.545. The molecule has 0 unspecified atom stereocenters. The Bertz CT molecular complexity index is 353. The van der Waals surface area contributed by atoms with Gasteiger partial charge in [-0.3, -0.25) is 4.79 Å². The molecule has 16 heavy (non-hydrogen) atoms. The van der Waals surface area contributed by atoms with E-state index in [1.54, 1.807) is 6.92 Å². The number of carboxylic acid groups (broad SMARTS) is 1. The van der Waals surface area contributed by atoms with Crippen LogP contribution in [0.5, 0.6) is 0 Å². The van der Waals surface area contributed by atoms with Gasteiger partial charge in [-0.15, -0.1) is 0 Å². The third-order valence-corrected chi connectivity index (χ3v) is 2.37. The summed E-state index contributed by atoms with van der Waals surface area (Å²) in [6.45, 7) is 5.47. The van der Waals surface area contributed by atoms with E-state index in [4.69, 9.17) is 10.4 Å².